The molecule has 1 aromatic carbocycles. The Bertz CT molecular complexity index is 550. The molecule has 1 aliphatic rings. The summed E-state index contributed by atoms with van der Waals surface area (Å²) < 4.78 is 4.77. The van der Waals surface area contributed by atoms with Crippen molar-refractivity contribution in [2.24, 2.45) is 0 Å². The van der Waals surface area contributed by atoms with Crippen LogP contribution >= 0.6 is 0 Å². The van der Waals surface area contributed by atoms with E-state index in [2.05, 4.69) is 11.4 Å². The number of aryl methyl sites for hydroxylation is 1. The minimum Gasteiger partial charge on any atom is -0.465 e. The lowest BCUT2D eigenvalue weighted by molar-refractivity contribution is 0.0602. The SMILES string of the molecule is COC(=O)c1cc(NCCC2=CCCCC2)cc(C)c1N. The Balaban J connectivity index is 2.01. The van der Waals surface area contributed by atoms with Crippen molar-refractivity contribution in [3.05, 3.63) is 34.9 Å². The predicted molar refractivity (Wildman–Crippen MR) is 86.6 cm³/mol. The molecular weight excluding hydrogens is 264 g/mol. The van der Waals surface area contributed by atoms with E-state index in [9.17, 15) is 4.79 Å². The molecule has 0 bridgehead atoms. The summed E-state index contributed by atoms with van der Waals surface area (Å²) in [5.74, 6) is -0.394. The van der Waals surface area contributed by atoms with Crippen LogP contribution in [0.1, 0.15) is 48.0 Å². The van der Waals surface area contributed by atoms with Gasteiger partial charge in [-0.05, 0) is 56.7 Å². The molecule has 0 radical (unpaired) electrons. The highest BCUT2D eigenvalue weighted by atomic mass is 16.5. The van der Waals surface area contributed by atoms with Gasteiger partial charge in [0.25, 0.3) is 0 Å². The van der Waals surface area contributed by atoms with Crippen molar-refractivity contribution in [2.75, 3.05) is 24.7 Å². The molecule has 0 amide bonds. The van der Waals surface area contributed by atoms with Crippen LogP contribution in [-0.2, 0) is 4.74 Å². The Hall–Kier alpha value is -1.97. The predicted octanol–water partition coefficient (Wildman–Crippen LogP) is 3.67. The van der Waals surface area contributed by atoms with Crippen LogP contribution in [0.2, 0.25) is 0 Å². The summed E-state index contributed by atoms with van der Waals surface area (Å²) in [6, 6.07) is 3.74. The molecule has 1 aromatic rings. The van der Waals surface area contributed by atoms with Gasteiger partial charge in [0, 0.05) is 17.9 Å². The molecule has 4 heteroatoms. The minimum absolute atomic E-state index is 0.394. The normalized spacial score (nSPS) is 14.5. The molecule has 0 aromatic heterocycles. The van der Waals surface area contributed by atoms with Crippen LogP contribution in [0.3, 0.4) is 0 Å². The van der Waals surface area contributed by atoms with Gasteiger partial charge in [-0.3, -0.25) is 0 Å². The molecule has 0 heterocycles. The summed E-state index contributed by atoms with van der Waals surface area (Å²) in [5.41, 5.74) is 10.2. The molecule has 21 heavy (non-hydrogen) atoms. The standard InChI is InChI=1S/C17H24N2O2/c1-12-10-14(11-15(16(12)18)17(20)21-2)19-9-8-13-6-4-3-5-7-13/h6,10-11,19H,3-5,7-9,18H2,1-2H3. The highest BCUT2D eigenvalue weighted by Crippen LogP contribution is 2.24. The third-order valence-corrected chi connectivity index (χ3v) is 3.95. The third kappa shape index (κ3) is 4.00. The topological polar surface area (TPSA) is 64.3 Å². The van der Waals surface area contributed by atoms with Gasteiger partial charge in [-0.25, -0.2) is 4.79 Å². The van der Waals surface area contributed by atoms with Crippen LogP contribution < -0.4 is 11.1 Å². The second kappa shape index (κ2) is 7.16. The van der Waals surface area contributed by atoms with Crippen molar-refractivity contribution in [3.63, 3.8) is 0 Å². The maximum absolute atomic E-state index is 11.7. The number of esters is 1. The summed E-state index contributed by atoms with van der Waals surface area (Å²) in [5, 5.41) is 3.38. The van der Waals surface area contributed by atoms with Gasteiger partial charge < -0.3 is 15.8 Å². The van der Waals surface area contributed by atoms with Gasteiger partial charge in [-0.2, -0.15) is 0 Å². The van der Waals surface area contributed by atoms with Gasteiger partial charge in [0.2, 0.25) is 0 Å². The van der Waals surface area contributed by atoms with Crippen molar-refractivity contribution >= 4 is 17.3 Å². The first kappa shape index (κ1) is 15.4. The average Bonchev–Trinajstić information content (AvgIpc) is 2.51. The first-order chi connectivity index (χ1) is 10.1. The van der Waals surface area contributed by atoms with Gasteiger partial charge in [-0.1, -0.05) is 11.6 Å². The van der Waals surface area contributed by atoms with E-state index in [1.807, 2.05) is 13.0 Å². The van der Waals surface area contributed by atoms with Gasteiger partial charge in [0.05, 0.1) is 12.7 Å². The lowest BCUT2D eigenvalue weighted by atomic mass is 9.97. The van der Waals surface area contributed by atoms with Crippen molar-refractivity contribution in [2.45, 2.75) is 39.0 Å². The van der Waals surface area contributed by atoms with Crippen LogP contribution in [0.25, 0.3) is 0 Å². The van der Waals surface area contributed by atoms with Crippen molar-refractivity contribution < 1.29 is 9.53 Å². The maximum Gasteiger partial charge on any atom is 0.340 e. The van der Waals surface area contributed by atoms with Crippen LogP contribution in [-0.4, -0.2) is 19.6 Å². The molecule has 114 valence electrons. The number of hydrogen-bond donors (Lipinski definition) is 2. The van der Waals surface area contributed by atoms with Crippen LogP contribution in [0.4, 0.5) is 11.4 Å². The van der Waals surface area contributed by atoms with E-state index >= 15 is 0 Å². The highest BCUT2D eigenvalue weighted by molar-refractivity contribution is 5.97. The average molecular weight is 288 g/mol. The Morgan fingerprint density at radius 1 is 1.38 bits per heavy atom. The molecule has 4 nitrogen and oxygen atoms in total. The Morgan fingerprint density at radius 2 is 2.19 bits per heavy atom. The number of methoxy groups -OCH3 is 1. The van der Waals surface area contributed by atoms with Crippen LogP contribution in [0, 0.1) is 6.92 Å². The fraction of sp³-hybridized carbons (Fsp3) is 0.471. The largest absolute Gasteiger partial charge is 0.465 e. The molecular formula is C17H24N2O2. The summed E-state index contributed by atoms with van der Waals surface area (Å²) in [4.78, 5) is 11.7. The third-order valence-electron chi connectivity index (χ3n) is 3.95. The number of nitrogens with two attached hydrogens (primary N) is 1. The molecule has 0 saturated carbocycles. The first-order valence-electron chi connectivity index (χ1n) is 7.52. The van der Waals surface area contributed by atoms with E-state index in [0.29, 0.717) is 11.3 Å². The molecule has 3 N–H and O–H groups in total. The van der Waals surface area contributed by atoms with Crippen LogP contribution in [0.5, 0.6) is 0 Å². The second-order valence-corrected chi connectivity index (χ2v) is 5.53. The zero-order valence-electron chi connectivity index (χ0n) is 12.9. The number of carbonyl (C=O) groups excluding carboxylic acids is 1. The lowest BCUT2D eigenvalue weighted by Crippen LogP contribution is -2.10. The fourth-order valence-electron chi connectivity index (χ4n) is 2.68. The Morgan fingerprint density at radius 3 is 2.86 bits per heavy atom. The quantitative estimate of drug-likeness (QED) is 0.493. The summed E-state index contributed by atoms with van der Waals surface area (Å²) >= 11 is 0. The first-order valence-corrected chi connectivity index (χ1v) is 7.52. The van der Waals surface area contributed by atoms with E-state index in [0.717, 1.165) is 24.2 Å². The summed E-state index contributed by atoms with van der Waals surface area (Å²) in [6.07, 6.45) is 8.46. The van der Waals surface area contributed by atoms with E-state index < -0.39 is 5.97 Å². The van der Waals surface area contributed by atoms with E-state index in [-0.39, 0.29) is 0 Å². The highest BCUT2D eigenvalue weighted by Gasteiger charge is 2.13. The number of carbonyl (C=O) groups is 1. The number of anilines is 2. The van der Waals surface area contributed by atoms with Crippen molar-refractivity contribution in [3.8, 4) is 0 Å². The van der Waals surface area contributed by atoms with Crippen LogP contribution in [0.15, 0.2) is 23.8 Å². The lowest BCUT2D eigenvalue weighted by Gasteiger charge is -2.15. The fourth-order valence-corrected chi connectivity index (χ4v) is 2.68. The smallest absolute Gasteiger partial charge is 0.340 e. The molecule has 0 unspecified atom stereocenters. The Kier molecular flexibility index (Phi) is 5.26. The van der Waals surface area contributed by atoms with E-state index in [1.54, 1.807) is 6.07 Å². The molecule has 0 spiro atoms. The summed E-state index contributed by atoms with van der Waals surface area (Å²) in [7, 11) is 1.37. The van der Waals surface area contributed by atoms with E-state index in [1.165, 1.54) is 38.4 Å². The van der Waals surface area contributed by atoms with Crippen molar-refractivity contribution in [1.29, 1.82) is 0 Å². The number of allylic oxidation sites excluding steroid dienone is 1. The molecule has 2 rings (SSSR count). The molecule has 0 saturated heterocycles. The van der Waals surface area contributed by atoms with Gasteiger partial charge in [-0.15, -0.1) is 0 Å². The van der Waals surface area contributed by atoms with E-state index in [4.69, 9.17) is 10.5 Å². The zero-order valence-corrected chi connectivity index (χ0v) is 12.9. The molecule has 1 aliphatic carbocycles. The minimum atomic E-state index is -0.394. The second-order valence-electron chi connectivity index (χ2n) is 5.53. The summed E-state index contributed by atoms with van der Waals surface area (Å²) in [6.45, 7) is 2.77. The number of ether oxygens (including phenoxy) is 1. The van der Waals surface area contributed by atoms with Crippen molar-refractivity contribution in [1.82, 2.24) is 0 Å². The number of nitrogen functional groups attached to an aromatic ring is 1. The number of benzene rings is 1. The monoisotopic (exact) mass is 288 g/mol. The van der Waals surface area contributed by atoms with Gasteiger partial charge >= 0.3 is 5.97 Å². The maximum atomic E-state index is 11.7. The number of nitrogens with one attached hydrogen (secondary N) is 1. The molecule has 0 fully saturated rings. The van der Waals surface area contributed by atoms with Gasteiger partial charge in [0.15, 0.2) is 0 Å². The molecule has 0 atom stereocenters. The molecule has 0 aliphatic heterocycles. The number of rotatable bonds is 5. The van der Waals surface area contributed by atoms with Gasteiger partial charge in [0.1, 0.15) is 0 Å². The Labute approximate surface area is 126 Å². The number of hydrogen-bond acceptors (Lipinski definition) is 4. The zero-order chi connectivity index (χ0) is 15.2.